The Labute approximate surface area is 175 Å². The van der Waals surface area contributed by atoms with Crippen molar-refractivity contribution in [2.75, 3.05) is 5.32 Å². The fourth-order valence-electron chi connectivity index (χ4n) is 5.39. The molecule has 2 fully saturated rings. The van der Waals surface area contributed by atoms with Crippen molar-refractivity contribution in [2.24, 2.45) is 17.6 Å². The maximum Gasteiger partial charge on any atom is 0.250 e. The quantitative estimate of drug-likeness (QED) is 0.638. The molecule has 0 radical (unpaired) electrons. The van der Waals surface area contributed by atoms with Gasteiger partial charge in [-0.1, -0.05) is 25.1 Å². The van der Waals surface area contributed by atoms with Crippen LogP contribution in [0.2, 0.25) is 0 Å². The predicted octanol–water partition coefficient (Wildman–Crippen LogP) is 1.03. The van der Waals surface area contributed by atoms with E-state index in [1.165, 1.54) is 4.90 Å². The Hall–Kier alpha value is -2.74. The first-order chi connectivity index (χ1) is 14.0. The van der Waals surface area contributed by atoms with Crippen LogP contribution in [0.4, 0.5) is 5.69 Å². The van der Waals surface area contributed by atoms with Crippen LogP contribution in [0.15, 0.2) is 18.2 Å². The lowest BCUT2D eigenvalue weighted by Gasteiger charge is -2.34. The van der Waals surface area contributed by atoms with Gasteiger partial charge in [0.25, 0.3) is 0 Å². The molecule has 3 aliphatic heterocycles. The first-order valence-corrected chi connectivity index (χ1v) is 10.4. The zero-order chi connectivity index (χ0) is 22.0. The number of anilines is 1. The molecular weight excluding hydrogens is 384 g/mol. The first kappa shape index (κ1) is 20.5. The van der Waals surface area contributed by atoms with Gasteiger partial charge in [-0.15, -0.1) is 0 Å². The fraction of sp³-hybridized carbons (Fsp3) is 0.545. The summed E-state index contributed by atoms with van der Waals surface area (Å²) in [6.45, 7) is 7.42. The van der Waals surface area contributed by atoms with Crippen molar-refractivity contribution in [1.82, 2.24) is 10.2 Å². The van der Waals surface area contributed by atoms with E-state index in [0.29, 0.717) is 11.3 Å². The molecule has 8 heteroatoms. The van der Waals surface area contributed by atoms with Gasteiger partial charge in [-0.3, -0.25) is 29.4 Å². The molecule has 3 heterocycles. The number of amides is 4. The van der Waals surface area contributed by atoms with E-state index in [1.807, 2.05) is 25.1 Å². The van der Waals surface area contributed by atoms with Gasteiger partial charge in [0.1, 0.15) is 5.54 Å². The van der Waals surface area contributed by atoms with Gasteiger partial charge >= 0.3 is 0 Å². The van der Waals surface area contributed by atoms with Crippen LogP contribution in [-0.4, -0.2) is 40.1 Å². The SMILES string of the molecule is CCc1cccc2c1NC(=O)C21NC(CCC(N)=O)C2C(=O)N(C(C)(C)C)C(=O)C21. The van der Waals surface area contributed by atoms with Gasteiger partial charge in [0.05, 0.1) is 11.8 Å². The van der Waals surface area contributed by atoms with Gasteiger partial charge in [-0.05, 0) is 39.2 Å². The minimum atomic E-state index is -1.33. The number of nitrogens with one attached hydrogen (secondary N) is 2. The van der Waals surface area contributed by atoms with Crippen molar-refractivity contribution in [3.8, 4) is 0 Å². The second kappa shape index (κ2) is 6.63. The summed E-state index contributed by atoms with van der Waals surface area (Å²) in [5.74, 6) is -3.05. The molecule has 4 atom stereocenters. The Morgan fingerprint density at radius 1 is 1.20 bits per heavy atom. The number of carbonyl (C=O) groups is 4. The number of benzene rings is 1. The number of rotatable bonds is 4. The molecule has 4 rings (SSSR count). The Balaban J connectivity index is 1.88. The number of hydrogen-bond acceptors (Lipinski definition) is 5. The highest BCUT2D eigenvalue weighted by Crippen LogP contribution is 2.54. The third-order valence-electron chi connectivity index (χ3n) is 6.59. The third-order valence-corrected chi connectivity index (χ3v) is 6.59. The van der Waals surface area contributed by atoms with E-state index < -0.39 is 34.9 Å². The van der Waals surface area contributed by atoms with Crippen molar-refractivity contribution in [1.29, 1.82) is 0 Å². The van der Waals surface area contributed by atoms with Crippen LogP contribution in [0, 0.1) is 11.8 Å². The summed E-state index contributed by atoms with van der Waals surface area (Å²) >= 11 is 0. The molecule has 160 valence electrons. The second-order valence-electron chi connectivity index (χ2n) is 9.40. The largest absolute Gasteiger partial charge is 0.370 e. The molecule has 3 aliphatic rings. The zero-order valence-corrected chi connectivity index (χ0v) is 17.7. The highest BCUT2D eigenvalue weighted by molar-refractivity contribution is 6.15. The van der Waals surface area contributed by atoms with Gasteiger partial charge in [0.15, 0.2) is 0 Å². The van der Waals surface area contributed by atoms with E-state index in [-0.39, 0.29) is 30.6 Å². The Kier molecular flexibility index (Phi) is 4.54. The Bertz CT molecular complexity index is 966. The summed E-state index contributed by atoms with van der Waals surface area (Å²) in [5, 5.41) is 6.29. The van der Waals surface area contributed by atoms with Crippen molar-refractivity contribution < 1.29 is 19.2 Å². The van der Waals surface area contributed by atoms with E-state index in [2.05, 4.69) is 10.6 Å². The number of para-hydroxylation sites is 1. The summed E-state index contributed by atoms with van der Waals surface area (Å²) in [7, 11) is 0. The summed E-state index contributed by atoms with van der Waals surface area (Å²) in [6, 6.07) is 5.15. The van der Waals surface area contributed by atoms with Crippen LogP contribution < -0.4 is 16.4 Å². The molecule has 0 aromatic heterocycles. The number of nitrogens with two attached hydrogens (primary N) is 1. The molecule has 1 spiro atoms. The molecule has 8 nitrogen and oxygen atoms in total. The second-order valence-corrected chi connectivity index (χ2v) is 9.40. The van der Waals surface area contributed by atoms with Gasteiger partial charge in [-0.25, -0.2) is 0 Å². The highest BCUT2D eigenvalue weighted by Gasteiger charge is 2.71. The van der Waals surface area contributed by atoms with E-state index in [4.69, 9.17) is 5.73 Å². The summed E-state index contributed by atoms with van der Waals surface area (Å²) in [5.41, 5.74) is 5.68. The number of hydrogen-bond donors (Lipinski definition) is 3. The number of aryl methyl sites for hydroxylation is 1. The van der Waals surface area contributed by atoms with E-state index in [1.54, 1.807) is 20.8 Å². The number of primary amides is 1. The molecular formula is C22H28N4O4. The average molecular weight is 412 g/mol. The minimum Gasteiger partial charge on any atom is -0.370 e. The van der Waals surface area contributed by atoms with Crippen LogP contribution in [-0.2, 0) is 31.1 Å². The molecule has 4 N–H and O–H groups in total. The van der Waals surface area contributed by atoms with Gasteiger partial charge in [0, 0.05) is 29.3 Å². The molecule has 4 unspecified atom stereocenters. The minimum absolute atomic E-state index is 0.0669. The maximum absolute atomic E-state index is 13.6. The molecule has 0 saturated carbocycles. The number of carbonyl (C=O) groups excluding carboxylic acids is 4. The molecule has 0 aliphatic carbocycles. The van der Waals surface area contributed by atoms with E-state index >= 15 is 0 Å². The molecule has 0 bridgehead atoms. The molecule has 1 aromatic rings. The lowest BCUT2D eigenvalue weighted by molar-refractivity contribution is -0.148. The smallest absolute Gasteiger partial charge is 0.250 e. The number of fused-ring (bicyclic) bond motifs is 4. The maximum atomic E-state index is 13.6. The zero-order valence-electron chi connectivity index (χ0n) is 17.7. The average Bonchev–Trinajstić information content (AvgIpc) is 3.24. The van der Waals surface area contributed by atoms with Crippen LogP contribution in [0.25, 0.3) is 0 Å². The molecule has 4 amide bonds. The van der Waals surface area contributed by atoms with Crippen molar-refractivity contribution in [3.63, 3.8) is 0 Å². The number of imide groups is 1. The normalized spacial score (nSPS) is 30.1. The highest BCUT2D eigenvalue weighted by atomic mass is 16.2. The molecule has 2 saturated heterocycles. The van der Waals surface area contributed by atoms with Gasteiger partial charge < -0.3 is 11.1 Å². The predicted molar refractivity (Wildman–Crippen MR) is 110 cm³/mol. The van der Waals surface area contributed by atoms with E-state index in [0.717, 1.165) is 12.0 Å². The van der Waals surface area contributed by atoms with Crippen LogP contribution in [0.3, 0.4) is 0 Å². The Morgan fingerprint density at radius 2 is 1.90 bits per heavy atom. The lowest BCUT2D eigenvalue weighted by atomic mass is 9.76. The summed E-state index contributed by atoms with van der Waals surface area (Å²) in [6.07, 6.45) is 1.07. The van der Waals surface area contributed by atoms with Gasteiger partial charge in [-0.2, -0.15) is 0 Å². The number of likely N-dealkylation sites (tertiary alicyclic amines) is 1. The van der Waals surface area contributed by atoms with Crippen molar-refractivity contribution in [3.05, 3.63) is 29.3 Å². The number of nitrogens with zero attached hydrogens (tertiary/aromatic N) is 1. The monoisotopic (exact) mass is 412 g/mol. The summed E-state index contributed by atoms with van der Waals surface area (Å²) in [4.78, 5) is 53.1. The molecule has 30 heavy (non-hydrogen) atoms. The third kappa shape index (κ3) is 2.62. The van der Waals surface area contributed by atoms with Crippen molar-refractivity contribution in [2.45, 2.75) is 64.1 Å². The van der Waals surface area contributed by atoms with Crippen LogP contribution in [0.1, 0.15) is 51.7 Å². The first-order valence-electron chi connectivity index (χ1n) is 10.4. The van der Waals surface area contributed by atoms with Crippen molar-refractivity contribution >= 4 is 29.3 Å². The van der Waals surface area contributed by atoms with Crippen LogP contribution >= 0.6 is 0 Å². The van der Waals surface area contributed by atoms with Crippen LogP contribution in [0.5, 0.6) is 0 Å². The summed E-state index contributed by atoms with van der Waals surface area (Å²) < 4.78 is 0. The van der Waals surface area contributed by atoms with Gasteiger partial charge in [0.2, 0.25) is 23.6 Å². The lowest BCUT2D eigenvalue weighted by Crippen LogP contribution is -2.55. The van der Waals surface area contributed by atoms with E-state index in [9.17, 15) is 19.2 Å². The standard InChI is InChI=1S/C22H28N4O4/c1-5-11-7-6-8-12-17(11)24-20(30)22(12)16-15(13(25-22)9-10-14(23)27)18(28)26(19(16)29)21(2,3)4/h6-8,13,15-16,25H,5,9-10H2,1-4H3,(H2,23,27)(H,24,30). The Morgan fingerprint density at radius 3 is 2.50 bits per heavy atom. The molecule has 1 aromatic carbocycles. The fourth-order valence-corrected chi connectivity index (χ4v) is 5.39. The topological polar surface area (TPSA) is 122 Å².